The molecule has 0 aliphatic carbocycles. The van der Waals surface area contributed by atoms with E-state index in [1.54, 1.807) is 24.3 Å². The molecular formula is C30H26N6O2. The van der Waals surface area contributed by atoms with E-state index in [0.29, 0.717) is 33.3 Å². The predicted molar refractivity (Wildman–Crippen MR) is 152 cm³/mol. The van der Waals surface area contributed by atoms with Crippen LogP contribution in [0.3, 0.4) is 0 Å². The molecule has 0 saturated heterocycles. The van der Waals surface area contributed by atoms with Crippen LogP contribution in [-0.4, -0.2) is 49.7 Å². The van der Waals surface area contributed by atoms with Gasteiger partial charge < -0.3 is 21.3 Å². The van der Waals surface area contributed by atoms with Gasteiger partial charge >= 0.3 is 0 Å². The molecule has 38 heavy (non-hydrogen) atoms. The molecule has 0 radical (unpaired) electrons. The maximum Gasteiger partial charge on any atom is 0.256 e. The average molecular weight is 503 g/mol. The number of rotatable bonds is 6. The first-order valence-electron chi connectivity index (χ1n) is 12.6. The highest BCUT2D eigenvalue weighted by Crippen LogP contribution is 2.25. The third-order valence-corrected chi connectivity index (χ3v) is 6.55. The van der Waals surface area contributed by atoms with Crippen molar-refractivity contribution in [2.75, 3.05) is 36.8 Å². The zero-order chi connectivity index (χ0) is 25.9. The summed E-state index contributed by atoms with van der Waals surface area (Å²) in [6.45, 7) is 3.12. The van der Waals surface area contributed by atoms with Gasteiger partial charge in [-0.05, 0) is 47.2 Å². The molecule has 0 aromatic heterocycles. The number of hydrogen-bond acceptors (Lipinski definition) is 6. The number of carbonyl (C=O) groups excluding carboxylic acids is 2. The minimum absolute atomic E-state index is 0.246. The van der Waals surface area contributed by atoms with Crippen LogP contribution in [0.25, 0.3) is 10.8 Å². The van der Waals surface area contributed by atoms with Crippen LogP contribution in [-0.2, 0) is 0 Å². The van der Waals surface area contributed by atoms with E-state index in [1.807, 2.05) is 60.7 Å². The summed E-state index contributed by atoms with van der Waals surface area (Å²) in [7, 11) is 0. The number of nitrogens with one attached hydrogen (secondary N) is 4. The summed E-state index contributed by atoms with van der Waals surface area (Å²) in [6.07, 6.45) is 0. The summed E-state index contributed by atoms with van der Waals surface area (Å²) in [6, 6.07) is 26.1. The Morgan fingerprint density at radius 1 is 0.605 bits per heavy atom. The average Bonchev–Trinajstić information content (AvgIpc) is 3.68. The molecule has 8 heteroatoms. The van der Waals surface area contributed by atoms with Crippen molar-refractivity contribution in [3.8, 4) is 0 Å². The van der Waals surface area contributed by atoms with E-state index in [4.69, 9.17) is 0 Å². The molecule has 2 aliphatic heterocycles. The van der Waals surface area contributed by atoms with Gasteiger partial charge in [0.1, 0.15) is 11.7 Å². The molecule has 0 spiro atoms. The summed E-state index contributed by atoms with van der Waals surface area (Å²) in [4.78, 5) is 35.5. The maximum absolute atomic E-state index is 13.3. The van der Waals surface area contributed by atoms with Gasteiger partial charge in [0.2, 0.25) is 0 Å². The highest BCUT2D eigenvalue weighted by atomic mass is 16.2. The zero-order valence-corrected chi connectivity index (χ0v) is 20.6. The first-order chi connectivity index (χ1) is 18.7. The Labute approximate surface area is 219 Å². The second-order valence-corrected chi connectivity index (χ2v) is 9.09. The van der Waals surface area contributed by atoms with Crippen molar-refractivity contribution in [3.63, 3.8) is 0 Å². The largest absolute Gasteiger partial charge is 0.368 e. The minimum atomic E-state index is -0.246. The molecule has 8 nitrogen and oxygen atoms in total. The molecule has 6 rings (SSSR count). The Morgan fingerprint density at radius 2 is 1.05 bits per heavy atom. The lowest BCUT2D eigenvalue weighted by molar-refractivity contribution is 0.101. The topological polar surface area (TPSA) is 107 Å². The lowest BCUT2D eigenvalue weighted by Crippen LogP contribution is -2.20. The molecule has 2 aliphatic rings. The van der Waals surface area contributed by atoms with Crippen molar-refractivity contribution in [1.82, 2.24) is 10.6 Å². The summed E-state index contributed by atoms with van der Waals surface area (Å²) in [5.41, 5.74) is 4.19. The number of aliphatic imine (C=N–C) groups is 2. The van der Waals surface area contributed by atoms with Crippen molar-refractivity contribution >= 4 is 45.6 Å². The fourth-order valence-corrected chi connectivity index (χ4v) is 4.77. The molecular weight excluding hydrogens is 476 g/mol. The van der Waals surface area contributed by atoms with Gasteiger partial charge in [0.05, 0.1) is 13.1 Å². The molecule has 0 bridgehead atoms. The van der Waals surface area contributed by atoms with Crippen molar-refractivity contribution in [3.05, 3.63) is 107 Å². The highest BCUT2D eigenvalue weighted by Gasteiger charge is 2.17. The van der Waals surface area contributed by atoms with Gasteiger partial charge in [-0.15, -0.1) is 0 Å². The van der Waals surface area contributed by atoms with E-state index in [9.17, 15) is 9.59 Å². The zero-order valence-electron chi connectivity index (χ0n) is 20.6. The fraction of sp³-hybridized carbons (Fsp3) is 0.133. The SMILES string of the molecule is O=C(Nc1cccc(C2=NCCN2)c1)c1cccc2c(C(=O)Nc3cccc(C4=NCCN4)c3)cccc12. The van der Waals surface area contributed by atoms with Gasteiger partial charge in [-0.25, -0.2) is 0 Å². The molecule has 188 valence electrons. The molecule has 0 unspecified atom stereocenters. The smallest absolute Gasteiger partial charge is 0.256 e. The van der Waals surface area contributed by atoms with E-state index < -0.39 is 0 Å². The van der Waals surface area contributed by atoms with Crippen LogP contribution in [0.4, 0.5) is 11.4 Å². The molecule has 0 atom stereocenters. The Bertz CT molecular complexity index is 1500. The minimum Gasteiger partial charge on any atom is -0.368 e. The van der Waals surface area contributed by atoms with Gasteiger partial charge in [0.15, 0.2) is 0 Å². The second-order valence-electron chi connectivity index (χ2n) is 9.09. The van der Waals surface area contributed by atoms with Crippen LogP contribution in [0, 0.1) is 0 Å². The number of anilines is 2. The normalized spacial score (nSPS) is 14.3. The van der Waals surface area contributed by atoms with E-state index in [0.717, 1.165) is 49.0 Å². The third-order valence-electron chi connectivity index (χ3n) is 6.55. The number of carbonyl (C=O) groups is 2. The Kier molecular flexibility index (Phi) is 6.27. The Morgan fingerprint density at radius 3 is 1.47 bits per heavy atom. The summed E-state index contributed by atoms with van der Waals surface area (Å²) in [5, 5.41) is 13.9. The molecule has 4 aromatic carbocycles. The predicted octanol–water partition coefficient (Wildman–Crippen LogP) is 4.04. The quantitative estimate of drug-likeness (QED) is 0.319. The Balaban J connectivity index is 1.25. The number of amides is 2. The van der Waals surface area contributed by atoms with Gasteiger partial charge in [-0.1, -0.05) is 48.5 Å². The van der Waals surface area contributed by atoms with Gasteiger partial charge in [-0.3, -0.25) is 19.6 Å². The van der Waals surface area contributed by atoms with Crippen molar-refractivity contribution in [1.29, 1.82) is 0 Å². The van der Waals surface area contributed by atoms with Crippen LogP contribution in [0.2, 0.25) is 0 Å². The van der Waals surface area contributed by atoms with E-state index in [-0.39, 0.29) is 11.8 Å². The number of fused-ring (bicyclic) bond motifs is 1. The summed E-state index contributed by atoms with van der Waals surface area (Å²) in [5.74, 6) is 1.17. The van der Waals surface area contributed by atoms with Gasteiger partial charge in [-0.2, -0.15) is 0 Å². The number of hydrogen-bond donors (Lipinski definition) is 4. The van der Waals surface area contributed by atoms with Gasteiger partial charge in [0.25, 0.3) is 11.8 Å². The van der Waals surface area contributed by atoms with Crippen molar-refractivity contribution < 1.29 is 9.59 Å². The molecule has 2 heterocycles. The van der Waals surface area contributed by atoms with E-state index >= 15 is 0 Å². The monoisotopic (exact) mass is 502 g/mol. The molecule has 0 saturated carbocycles. The Hall–Kier alpha value is -4.98. The van der Waals surface area contributed by atoms with E-state index in [1.165, 1.54) is 0 Å². The van der Waals surface area contributed by atoms with Crippen LogP contribution < -0.4 is 21.3 Å². The van der Waals surface area contributed by atoms with E-state index in [2.05, 4.69) is 31.3 Å². The first-order valence-corrected chi connectivity index (χ1v) is 12.6. The van der Waals surface area contributed by atoms with Crippen LogP contribution >= 0.6 is 0 Å². The summed E-state index contributed by atoms with van der Waals surface area (Å²) >= 11 is 0. The molecule has 4 N–H and O–H groups in total. The number of benzene rings is 4. The number of amidine groups is 2. The highest BCUT2D eigenvalue weighted by molar-refractivity contribution is 6.19. The third kappa shape index (κ3) is 4.71. The van der Waals surface area contributed by atoms with Gasteiger partial charge in [0, 0.05) is 46.7 Å². The molecule has 2 amide bonds. The van der Waals surface area contributed by atoms with Crippen molar-refractivity contribution in [2.45, 2.75) is 0 Å². The van der Waals surface area contributed by atoms with Crippen molar-refractivity contribution in [2.24, 2.45) is 9.98 Å². The van der Waals surface area contributed by atoms with Crippen LogP contribution in [0.5, 0.6) is 0 Å². The second kappa shape index (κ2) is 10.2. The fourth-order valence-electron chi connectivity index (χ4n) is 4.77. The molecule has 4 aromatic rings. The molecule has 0 fully saturated rings. The van der Waals surface area contributed by atoms with Crippen LogP contribution in [0.15, 0.2) is 94.9 Å². The standard InChI is InChI=1S/C30H26N6O2/c37-29(35-21-7-1-5-19(17-21)27-31-13-14-32-27)25-11-3-10-24-23(25)9-4-12-26(24)30(38)36-22-8-2-6-20(18-22)28-33-15-16-34-28/h1-12,17-18H,13-16H2,(H,31,32)(H,33,34)(H,35,37)(H,36,38). The first kappa shape index (κ1) is 23.4. The summed E-state index contributed by atoms with van der Waals surface area (Å²) < 4.78 is 0. The lowest BCUT2D eigenvalue weighted by atomic mass is 9.99. The lowest BCUT2D eigenvalue weighted by Gasteiger charge is -2.13. The number of nitrogens with zero attached hydrogens (tertiary/aromatic N) is 2. The van der Waals surface area contributed by atoms with Crippen LogP contribution in [0.1, 0.15) is 31.8 Å². The maximum atomic E-state index is 13.3.